The monoisotopic (exact) mass is 277 g/mol. The van der Waals surface area contributed by atoms with Gasteiger partial charge >= 0.3 is 0 Å². The summed E-state index contributed by atoms with van der Waals surface area (Å²) in [6.45, 7) is 3.02. The summed E-state index contributed by atoms with van der Waals surface area (Å²) in [5.74, 6) is 2.58. The number of rotatable bonds is 3. The number of nitrogens with two attached hydrogens (primary N) is 1. The van der Waals surface area contributed by atoms with Crippen LogP contribution in [0.15, 0.2) is 42.5 Å². The van der Waals surface area contributed by atoms with Crippen molar-refractivity contribution in [1.82, 2.24) is 9.55 Å². The van der Waals surface area contributed by atoms with Crippen molar-refractivity contribution < 1.29 is 0 Å². The van der Waals surface area contributed by atoms with Gasteiger partial charge in [-0.05, 0) is 36.6 Å². The summed E-state index contributed by atoms with van der Waals surface area (Å²) in [6, 6.07) is 14.8. The summed E-state index contributed by atoms with van der Waals surface area (Å²) in [6.07, 6.45) is 2.49. The van der Waals surface area contributed by atoms with Crippen LogP contribution in [0, 0.1) is 0 Å². The molecule has 1 saturated carbocycles. The number of nitrogen functional groups attached to an aromatic ring is 1. The number of aromatic nitrogens is 2. The first-order valence-electron chi connectivity index (χ1n) is 7.63. The van der Waals surface area contributed by atoms with E-state index in [4.69, 9.17) is 10.7 Å². The SMILES string of the molecule is CCn1c(C2CC2)nc(-c2ccc3ccccc3c2)c1N. The first kappa shape index (κ1) is 12.5. The van der Waals surface area contributed by atoms with Gasteiger partial charge in [0, 0.05) is 18.0 Å². The summed E-state index contributed by atoms with van der Waals surface area (Å²) in [5.41, 5.74) is 8.40. The molecule has 3 nitrogen and oxygen atoms in total. The topological polar surface area (TPSA) is 43.8 Å². The van der Waals surface area contributed by atoms with Gasteiger partial charge < -0.3 is 10.3 Å². The zero-order valence-corrected chi connectivity index (χ0v) is 12.2. The number of nitrogens with zero attached hydrogens (tertiary/aromatic N) is 2. The van der Waals surface area contributed by atoms with Crippen LogP contribution in [0.3, 0.4) is 0 Å². The molecule has 0 spiro atoms. The molecule has 1 aromatic heterocycles. The number of fused-ring (bicyclic) bond motifs is 1. The highest BCUT2D eigenvalue weighted by atomic mass is 15.1. The highest BCUT2D eigenvalue weighted by Gasteiger charge is 2.30. The molecule has 0 atom stereocenters. The van der Waals surface area contributed by atoms with Gasteiger partial charge in [-0.2, -0.15) is 0 Å². The molecule has 2 N–H and O–H groups in total. The van der Waals surface area contributed by atoms with Gasteiger partial charge in [-0.25, -0.2) is 4.98 Å². The number of hydrogen-bond donors (Lipinski definition) is 1. The summed E-state index contributed by atoms with van der Waals surface area (Å²) in [7, 11) is 0. The van der Waals surface area contributed by atoms with Crippen molar-refractivity contribution in [3.05, 3.63) is 48.3 Å². The minimum Gasteiger partial charge on any atom is -0.383 e. The minimum absolute atomic E-state index is 0.612. The van der Waals surface area contributed by atoms with Crippen molar-refractivity contribution in [2.24, 2.45) is 0 Å². The van der Waals surface area contributed by atoms with Gasteiger partial charge in [-0.1, -0.05) is 36.4 Å². The highest BCUT2D eigenvalue weighted by Crippen LogP contribution is 2.42. The lowest BCUT2D eigenvalue weighted by Gasteiger charge is -2.05. The Hall–Kier alpha value is -2.29. The lowest BCUT2D eigenvalue weighted by atomic mass is 10.1. The van der Waals surface area contributed by atoms with Crippen LogP contribution in [0.4, 0.5) is 5.82 Å². The maximum atomic E-state index is 6.36. The van der Waals surface area contributed by atoms with Crippen LogP contribution >= 0.6 is 0 Å². The molecule has 0 saturated heterocycles. The van der Waals surface area contributed by atoms with E-state index < -0.39 is 0 Å². The molecular formula is C18H19N3. The fourth-order valence-corrected chi connectivity index (χ4v) is 3.02. The number of anilines is 1. The standard InChI is InChI=1S/C18H19N3/c1-2-21-17(19)16(20-18(21)13-8-9-13)15-10-7-12-5-3-4-6-14(12)11-15/h3-7,10-11,13H,2,8-9,19H2,1H3. The van der Waals surface area contributed by atoms with Crippen LogP contribution in [-0.2, 0) is 6.54 Å². The summed E-state index contributed by atoms with van der Waals surface area (Å²) in [4.78, 5) is 4.86. The van der Waals surface area contributed by atoms with Gasteiger partial charge in [-0.15, -0.1) is 0 Å². The molecule has 3 heteroatoms. The second-order valence-electron chi connectivity index (χ2n) is 5.78. The smallest absolute Gasteiger partial charge is 0.131 e. The molecule has 0 bridgehead atoms. The van der Waals surface area contributed by atoms with Crippen LogP contribution in [0.5, 0.6) is 0 Å². The first-order valence-corrected chi connectivity index (χ1v) is 7.63. The van der Waals surface area contributed by atoms with Crippen molar-refractivity contribution in [3.63, 3.8) is 0 Å². The Morgan fingerprint density at radius 3 is 2.62 bits per heavy atom. The van der Waals surface area contributed by atoms with Gasteiger partial charge in [0.15, 0.2) is 0 Å². The Labute approximate surface area is 124 Å². The zero-order chi connectivity index (χ0) is 14.4. The molecule has 0 aliphatic heterocycles. The molecular weight excluding hydrogens is 258 g/mol. The van der Waals surface area contributed by atoms with Gasteiger partial charge in [-0.3, -0.25) is 0 Å². The molecule has 1 heterocycles. The fraction of sp³-hybridized carbons (Fsp3) is 0.278. The average molecular weight is 277 g/mol. The van der Waals surface area contributed by atoms with Crippen LogP contribution in [0.1, 0.15) is 31.5 Å². The molecule has 0 radical (unpaired) electrons. The number of benzene rings is 2. The lowest BCUT2D eigenvalue weighted by molar-refractivity contribution is 0.708. The predicted molar refractivity (Wildman–Crippen MR) is 87.2 cm³/mol. The van der Waals surface area contributed by atoms with E-state index in [-0.39, 0.29) is 0 Å². The third kappa shape index (κ3) is 2.00. The predicted octanol–water partition coefficient (Wildman–Crippen LogP) is 4.18. The molecule has 0 unspecified atom stereocenters. The lowest BCUT2D eigenvalue weighted by Crippen LogP contribution is -2.04. The zero-order valence-electron chi connectivity index (χ0n) is 12.2. The normalized spacial score (nSPS) is 14.7. The van der Waals surface area contributed by atoms with Gasteiger partial charge in [0.05, 0.1) is 0 Å². The third-order valence-corrected chi connectivity index (χ3v) is 4.32. The van der Waals surface area contributed by atoms with E-state index in [0.29, 0.717) is 5.92 Å². The molecule has 3 aromatic rings. The molecule has 1 fully saturated rings. The van der Waals surface area contributed by atoms with Crippen molar-refractivity contribution in [1.29, 1.82) is 0 Å². The van der Waals surface area contributed by atoms with Crippen molar-refractivity contribution in [3.8, 4) is 11.3 Å². The Bertz CT molecular complexity index is 812. The molecule has 106 valence electrons. The summed E-state index contributed by atoms with van der Waals surface area (Å²) >= 11 is 0. The van der Waals surface area contributed by atoms with E-state index in [9.17, 15) is 0 Å². The average Bonchev–Trinajstić information content (AvgIpc) is 3.30. The van der Waals surface area contributed by atoms with Gasteiger partial charge in [0.1, 0.15) is 17.3 Å². The van der Waals surface area contributed by atoms with Crippen LogP contribution in [0.2, 0.25) is 0 Å². The largest absolute Gasteiger partial charge is 0.383 e. The van der Waals surface area contributed by atoms with Gasteiger partial charge in [0.2, 0.25) is 0 Å². The van der Waals surface area contributed by atoms with E-state index >= 15 is 0 Å². The summed E-state index contributed by atoms with van der Waals surface area (Å²) < 4.78 is 2.17. The molecule has 1 aliphatic rings. The van der Waals surface area contributed by atoms with E-state index in [2.05, 4.69) is 54.0 Å². The second-order valence-corrected chi connectivity index (χ2v) is 5.78. The molecule has 0 amide bonds. The van der Waals surface area contributed by atoms with Crippen LogP contribution in [0.25, 0.3) is 22.0 Å². The first-order chi connectivity index (χ1) is 10.3. The minimum atomic E-state index is 0.612. The van der Waals surface area contributed by atoms with E-state index in [1.807, 2.05) is 0 Å². The second kappa shape index (κ2) is 4.62. The van der Waals surface area contributed by atoms with Crippen LogP contribution in [-0.4, -0.2) is 9.55 Å². The third-order valence-electron chi connectivity index (χ3n) is 4.32. The maximum absolute atomic E-state index is 6.36. The highest BCUT2D eigenvalue weighted by molar-refractivity contribution is 5.88. The van der Waals surface area contributed by atoms with E-state index in [0.717, 1.165) is 29.4 Å². The van der Waals surface area contributed by atoms with E-state index in [1.54, 1.807) is 0 Å². The van der Waals surface area contributed by atoms with E-state index in [1.165, 1.54) is 23.6 Å². The fourth-order valence-electron chi connectivity index (χ4n) is 3.02. The number of hydrogen-bond acceptors (Lipinski definition) is 2. The number of imidazole rings is 1. The Morgan fingerprint density at radius 1 is 1.14 bits per heavy atom. The molecule has 4 rings (SSSR count). The Morgan fingerprint density at radius 2 is 1.90 bits per heavy atom. The summed E-state index contributed by atoms with van der Waals surface area (Å²) in [5, 5.41) is 2.48. The quantitative estimate of drug-likeness (QED) is 0.780. The maximum Gasteiger partial charge on any atom is 0.131 e. The molecule has 1 aliphatic carbocycles. The Balaban J connectivity index is 1.87. The van der Waals surface area contributed by atoms with Crippen LogP contribution < -0.4 is 5.73 Å². The van der Waals surface area contributed by atoms with Crippen molar-refractivity contribution >= 4 is 16.6 Å². The Kier molecular flexibility index (Phi) is 2.74. The van der Waals surface area contributed by atoms with Crippen molar-refractivity contribution in [2.75, 3.05) is 5.73 Å². The van der Waals surface area contributed by atoms with Crippen molar-refractivity contribution in [2.45, 2.75) is 32.2 Å². The molecule has 21 heavy (non-hydrogen) atoms. The molecule has 2 aromatic carbocycles. The van der Waals surface area contributed by atoms with Gasteiger partial charge in [0.25, 0.3) is 0 Å².